The molecule has 0 aromatic heterocycles. The predicted molar refractivity (Wildman–Crippen MR) is 33.1 cm³/mol. The highest BCUT2D eigenvalue weighted by Gasteiger charge is 1.78. The smallest absolute Gasteiger partial charge is 0.0521 e. The van der Waals surface area contributed by atoms with E-state index in [0.717, 1.165) is 12.6 Å². The van der Waals surface area contributed by atoms with E-state index in [1.54, 1.807) is 0 Å². The summed E-state index contributed by atoms with van der Waals surface area (Å²) in [7, 11) is 0. The molecule has 3 heteroatoms. The highest BCUT2D eigenvalue weighted by atomic mass is 32.4. The second-order valence-electron chi connectivity index (χ2n) is 1.14. The van der Waals surface area contributed by atoms with E-state index in [1.165, 1.54) is 0 Å². The van der Waals surface area contributed by atoms with Gasteiger partial charge in [-0.25, -0.2) is 0 Å². The maximum Gasteiger partial charge on any atom is 0.0521 e. The van der Waals surface area contributed by atoms with E-state index < -0.39 is 6.92 Å². The maximum absolute atomic E-state index is 8.47. The molecule has 0 amide bonds. The molecule has 0 heterocycles. The van der Waals surface area contributed by atoms with Crippen LogP contribution in [0.5, 0.6) is 0 Å². The molecule has 0 bridgehead atoms. The van der Waals surface area contributed by atoms with Crippen molar-refractivity contribution in [2.24, 2.45) is 0 Å². The van der Waals surface area contributed by atoms with E-state index in [0.29, 0.717) is 0 Å². The van der Waals surface area contributed by atoms with Gasteiger partial charge in [-0.1, -0.05) is 18.7 Å². The zero-order valence-electron chi connectivity index (χ0n) is 3.77. The lowest BCUT2D eigenvalue weighted by Gasteiger charge is -1.85. The van der Waals surface area contributed by atoms with Crippen molar-refractivity contribution in [2.45, 2.75) is 13.3 Å². The summed E-state index contributed by atoms with van der Waals surface area (Å²) >= 11 is 4.54. The molecular formula is C3H9OPS. The van der Waals surface area contributed by atoms with Gasteiger partial charge in [0.15, 0.2) is 0 Å². The summed E-state index contributed by atoms with van der Waals surface area (Å²) in [6.07, 6.45) is 1.87. The fourth-order valence-corrected chi connectivity index (χ4v) is 1.25. The second kappa shape index (κ2) is 3.79. The maximum atomic E-state index is 8.47. The third kappa shape index (κ3) is 4.61. The van der Waals surface area contributed by atoms with Crippen LogP contribution in [-0.4, -0.2) is 11.1 Å². The highest BCUT2D eigenvalue weighted by molar-refractivity contribution is 8.02. The largest absolute Gasteiger partial charge is 0.368 e. The molecule has 1 N–H and O–H groups in total. The van der Waals surface area contributed by atoms with Gasteiger partial charge < -0.3 is 4.89 Å². The SMILES string of the molecule is CCC[PH](O)=S. The standard InChI is InChI=1S/C3H9OPS/c1-2-3-5(4)6/h5H,2-3H2,1H3,(H,4,6). The zero-order valence-corrected chi connectivity index (χ0v) is 5.59. The molecule has 0 saturated heterocycles. The van der Waals surface area contributed by atoms with Gasteiger partial charge in [-0.15, -0.1) is 0 Å². The van der Waals surface area contributed by atoms with Crippen LogP contribution in [0.25, 0.3) is 0 Å². The van der Waals surface area contributed by atoms with Crippen molar-refractivity contribution < 1.29 is 4.89 Å². The van der Waals surface area contributed by atoms with Crippen molar-refractivity contribution in [2.75, 3.05) is 6.16 Å². The van der Waals surface area contributed by atoms with Crippen LogP contribution in [0.1, 0.15) is 13.3 Å². The van der Waals surface area contributed by atoms with Crippen molar-refractivity contribution >= 4 is 18.7 Å². The molecule has 0 aliphatic rings. The second-order valence-corrected chi connectivity index (χ2v) is 3.84. The summed E-state index contributed by atoms with van der Waals surface area (Å²) in [6.45, 7) is 0.719. The predicted octanol–water partition coefficient (Wildman–Crippen LogP) is 0.980. The van der Waals surface area contributed by atoms with Gasteiger partial charge in [0, 0.05) is 0 Å². The average Bonchev–Trinajstić information content (AvgIpc) is 1.35. The quantitative estimate of drug-likeness (QED) is 0.554. The Hall–Kier alpha value is 0.610. The third-order valence-electron chi connectivity index (χ3n) is 0.464. The summed E-state index contributed by atoms with van der Waals surface area (Å²) < 4.78 is 0. The van der Waals surface area contributed by atoms with E-state index in [2.05, 4.69) is 11.8 Å². The molecule has 1 atom stereocenters. The summed E-state index contributed by atoms with van der Waals surface area (Å²) in [5, 5.41) is 0. The molecule has 0 aliphatic heterocycles. The summed E-state index contributed by atoms with van der Waals surface area (Å²) in [5.41, 5.74) is 0. The minimum atomic E-state index is -1.30. The van der Waals surface area contributed by atoms with E-state index in [4.69, 9.17) is 4.89 Å². The summed E-state index contributed by atoms with van der Waals surface area (Å²) in [4.78, 5) is 8.47. The van der Waals surface area contributed by atoms with Crippen LogP contribution in [0.2, 0.25) is 0 Å². The van der Waals surface area contributed by atoms with Gasteiger partial charge in [-0.05, 0) is 12.6 Å². The molecule has 0 spiro atoms. The van der Waals surface area contributed by atoms with E-state index in [-0.39, 0.29) is 0 Å². The van der Waals surface area contributed by atoms with Crippen LogP contribution in [0.4, 0.5) is 0 Å². The van der Waals surface area contributed by atoms with Gasteiger partial charge in [0.05, 0.1) is 6.92 Å². The Balaban J connectivity index is 2.83. The van der Waals surface area contributed by atoms with Gasteiger partial charge in [0.1, 0.15) is 0 Å². The molecule has 1 nitrogen and oxygen atoms in total. The first kappa shape index (κ1) is 6.61. The van der Waals surface area contributed by atoms with E-state index >= 15 is 0 Å². The first-order valence-corrected chi connectivity index (χ1v) is 4.78. The van der Waals surface area contributed by atoms with Gasteiger partial charge >= 0.3 is 0 Å². The molecule has 0 aliphatic carbocycles. The Bertz CT molecular complexity index is 54.8. The Labute approximate surface area is 43.9 Å². The number of hydrogen-bond donors (Lipinski definition) is 1. The fraction of sp³-hybridized carbons (Fsp3) is 1.00. The van der Waals surface area contributed by atoms with Crippen LogP contribution in [-0.2, 0) is 11.8 Å². The minimum Gasteiger partial charge on any atom is -0.368 e. The van der Waals surface area contributed by atoms with Crippen molar-refractivity contribution in [3.63, 3.8) is 0 Å². The van der Waals surface area contributed by atoms with Crippen molar-refractivity contribution in [1.82, 2.24) is 0 Å². The Morgan fingerprint density at radius 2 is 2.33 bits per heavy atom. The Morgan fingerprint density at radius 1 is 1.83 bits per heavy atom. The van der Waals surface area contributed by atoms with Crippen LogP contribution in [0.3, 0.4) is 0 Å². The molecule has 0 aromatic carbocycles. The lowest BCUT2D eigenvalue weighted by Crippen LogP contribution is -1.66. The van der Waals surface area contributed by atoms with Crippen LogP contribution in [0.15, 0.2) is 0 Å². The molecule has 0 radical (unpaired) electrons. The Kier molecular flexibility index (Phi) is 4.17. The lowest BCUT2D eigenvalue weighted by molar-refractivity contribution is 0.641. The van der Waals surface area contributed by atoms with Crippen molar-refractivity contribution in [3.8, 4) is 0 Å². The third-order valence-corrected chi connectivity index (χ3v) is 2.00. The molecule has 0 aromatic rings. The van der Waals surface area contributed by atoms with E-state index in [9.17, 15) is 0 Å². The fourth-order valence-electron chi connectivity index (χ4n) is 0.214. The van der Waals surface area contributed by atoms with Gasteiger partial charge in [-0.2, -0.15) is 0 Å². The molecule has 0 fully saturated rings. The summed E-state index contributed by atoms with van der Waals surface area (Å²) in [5.74, 6) is 0. The van der Waals surface area contributed by atoms with Gasteiger partial charge in [0.25, 0.3) is 0 Å². The molecule has 38 valence electrons. The molecule has 0 rings (SSSR count). The highest BCUT2D eigenvalue weighted by Crippen LogP contribution is 2.12. The monoisotopic (exact) mass is 124 g/mol. The first-order chi connectivity index (χ1) is 2.77. The number of rotatable bonds is 2. The Morgan fingerprint density at radius 3 is 2.33 bits per heavy atom. The molecular weight excluding hydrogens is 115 g/mol. The zero-order chi connectivity index (χ0) is 4.99. The van der Waals surface area contributed by atoms with Gasteiger partial charge in [0.2, 0.25) is 0 Å². The van der Waals surface area contributed by atoms with Crippen molar-refractivity contribution in [1.29, 1.82) is 0 Å². The van der Waals surface area contributed by atoms with Gasteiger partial charge in [-0.3, -0.25) is 0 Å². The van der Waals surface area contributed by atoms with Crippen LogP contribution in [0, 0.1) is 0 Å². The molecule has 6 heavy (non-hydrogen) atoms. The summed E-state index contributed by atoms with van der Waals surface area (Å²) in [6, 6.07) is 0. The lowest BCUT2D eigenvalue weighted by atomic mass is 10.6. The van der Waals surface area contributed by atoms with Crippen LogP contribution >= 0.6 is 6.92 Å². The first-order valence-electron chi connectivity index (χ1n) is 1.99. The molecule has 0 saturated carbocycles. The average molecular weight is 124 g/mol. The topological polar surface area (TPSA) is 20.2 Å². The minimum absolute atomic E-state index is 0.847. The number of hydrogen-bond acceptors (Lipinski definition) is 1. The normalized spacial score (nSPS) is 14.3. The molecule has 1 unspecified atom stereocenters. The van der Waals surface area contributed by atoms with E-state index in [1.807, 2.05) is 6.92 Å². The van der Waals surface area contributed by atoms with Crippen molar-refractivity contribution in [3.05, 3.63) is 0 Å². The van der Waals surface area contributed by atoms with Crippen LogP contribution < -0.4 is 0 Å².